The predicted molar refractivity (Wildman–Crippen MR) is 74.2 cm³/mol. The Hall–Kier alpha value is -0.0800. The molecule has 0 heterocycles. The molecule has 2 nitrogen and oxygen atoms in total. The molecule has 2 aliphatic carbocycles. The first-order valence-electron chi connectivity index (χ1n) is 7.65. The summed E-state index contributed by atoms with van der Waals surface area (Å²) in [5.74, 6) is 1.86. The standard InChI is InChI=1S/C15H30N2/c1-4-16-11-13-8-9-15(13)17(3)14-7-5-6-12(2)10-14/h12-16H,4-11H2,1-3H3. The van der Waals surface area contributed by atoms with Crippen LogP contribution in [0.25, 0.3) is 0 Å². The normalized spacial score (nSPS) is 38.1. The van der Waals surface area contributed by atoms with Crippen molar-refractivity contribution in [2.45, 2.75) is 64.5 Å². The first-order valence-corrected chi connectivity index (χ1v) is 7.65. The fraction of sp³-hybridized carbons (Fsp3) is 1.00. The van der Waals surface area contributed by atoms with Crippen molar-refractivity contribution in [2.75, 3.05) is 20.1 Å². The minimum absolute atomic E-state index is 0.865. The lowest BCUT2D eigenvalue weighted by Crippen LogP contribution is -2.53. The van der Waals surface area contributed by atoms with Crippen molar-refractivity contribution in [1.82, 2.24) is 10.2 Å². The van der Waals surface area contributed by atoms with Crippen molar-refractivity contribution in [1.29, 1.82) is 0 Å². The summed E-state index contributed by atoms with van der Waals surface area (Å²) in [6.45, 7) is 6.98. The van der Waals surface area contributed by atoms with Crippen LogP contribution in [-0.2, 0) is 0 Å². The van der Waals surface area contributed by atoms with Crippen LogP contribution in [0.15, 0.2) is 0 Å². The molecule has 1 N–H and O–H groups in total. The van der Waals surface area contributed by atoms with E-state index in [1.165, 1.54) is 45.1 Å². The summed E-state index contributed by atoms with van der Waals surface area (Å²) in [6, 6.07) is 1.73. The fourth-order valence-electron chi connectivity index (χ4n) is 3.70. The Balaban J connectivity index is 1.80. The van der Waals surface area contributed by atoms with Crippen molar-refractivity contribution in [2.24, 2.45) is 11.8 Å². The third kappa shape index (κ3) is 3.23. The Kier molecular flexibility index (Phi) is 4.87. The molecular formula is C15H30N2. The Morgan fingerprint density at radius 3 is 2.59 bits per heavy atom. The van der Waals surface area contributed by atoms with Crippen molar-refractivity contribution in [3.05, 3.63) is 0 Å². The van der Waals surface area contributed by atoms with Gasteiger partial charge in [-0.1, -0.05) is 26.7 Å². The fourth-order valence-corrected chi connectivity index (χ4v) is 3.70. The lowest BCUT2D eigenvalue weighted by Gasteiger charge is -2.47. The highest BCUT2D eigenvalue weighted by atomic mass is 15.2. The molecule has 2 aliphatic rings. The van der Waals surface area contributed by atoms with E-state index >= 15 is 0 Å². The van der Waals surface area contributed by atoms with E-state index in [9.17, 15) is 0 Å². The molecule has 0 aromatic heterocycles. The van der Waals surface area contributed by atoms with Crippen LogP contribution >= 0.6 is 0 Å². The molecule has 100 valence electrons. The molecule has 0 saturated heterocycles. The van der Waals surface area contributed by atoms with Gasteiger partial charge in [0.15, 0.2) is 0 Å². The van der Waals surface area contributed by atoms with Gasteiger partial charge in [-0.05, 0) is 57.7 Å². The number of hydrogen-bond donors (Lipinski definition) is 1. The Morgan fingerprint density at radius 1 is 1.18 bits per heavy atom. The molecule has 4 atom stereocenters. The third-order valence-corrected chi connectivity index (χ3v) is 5.04. The maximum atomic E-state index is 3.52. The average molecular weight is 238 g/mol. The minimum atomic E-state index is 0.865. The van der Waals surface area contributed by atoms with Crippen LogP contribution in [-0.4, -0.2) is 37.1 Å². The summed E-state index contributed by atoms with van der Waals surface area (Å²) in [6.07, 6.45) is 8.63. The first kappa shape index (κ1) is 13.4. The zero-order chi connectivity index (χ0) is 12.3. The number of hydrogen-bond acceptors (Lipinski definition) is 2. The van der Waals surface area contributed by atoms with Gasteiger partial charge in [-0.2, -0.15) is 0 Å². The maximum absolute atomic E-state index is 3.52. The van der Waals surface area contributed by atoms with Crippen LogP contribution in [0.2, 0.25) is 0 Å². The van der Waals surface area contributed by atoms with E-state index < -0.39 is 0 Å². The van der Waals surface area contributed by atoms with Gasteiger partial charge in [0.05, 0.1) is 0 Å². The molecule has 2 fully saturated rings. The lowest BCUT2D eigenvalue weighted by molar-refractivity contribution is 0.0290. The summed E-state index contributed by atoms with van der Waals surface area (Å²) in [5.41, 5.74) is 0. The molecule has 0 radical (unpaired) electrons. The molecule has 0 aliphatic heterocycles. The monoisotopic (exact) mass is 238 g/mol. The summed E-state index contributed by atoms with van der Waals surface area (Å²) >= 11 is 0. The summed E-state index contributed by atoms with van der Waals surface area (Å²) < 4.78 is 0. The van der Waals surface area contributed by atoms with E-state index in [0.29, 0.717) is 0 Å². The average Bonchev–Trinajstić information content (AvgIpc) is 2.28. The second-order valence-corrected chi connectivity index (χ2v) is 6.30. The molecule has 0 bridgehead atoms. The largest absolute Gasteiger partial charge is 0.317 e. The van der Waals surface area contributed by atoms with Crippen LogP contribution in [0.4, 0.5) is 0 Å². The van der Waals surface area contributed by atoms with Crippen LogP contribution < -0.4 is 5.32 Å². The van der Waals surface area contributed by atoms with Crippen LogP contribution in [0.5, 0.6) is 0 Å². The second-order valence-electron chi connectivity index (χ2n) is 6.30. The van der Waals surface area contributed by atoms with Gasteiger partial charge in [0, 0.05) is 12.1 Å². The number of rotatable bonds is 5. The molecule has 2 rings (SSSR count). The van der Waals surface area contributed by atoms with E-state index in [2.05, 4.69) is 31.1 Å². The first-order chi connectivity index (χ1) is 8.22. The third-order valence-electron chi connectivity index (χ3n) is 5.04. The molecule has 17 heavy (non-hydrogen) atoms. The second kappa shape index (κ2) is 6.19. The zero-order valence-corrected chi connectivity index (χ0v) is 11.9. The van der Waals surface area contributed by atoms with Gasteiger partial charge in [-0.25, -0.2) is 0 Å². The van der Waals surface area contributed by atoms with Gasteiger partial charge >= 0.3 is 0 Å². The quantitative estimate of drug-likeness (QED) is 0.792. The van der Waals surface area contributed by atoms with Gasteiger partial charge in [0.1, 0.15) is 0 Å². The summed E-state index contributed by atoms with van der Waals surface area (Å²) in [5, 5.41) is 3.52. The van der Waals surface area contributed by atoms with Crippen LogP contribution in [0.3, 0.4) is 0 Å². The maximum Gasteiger partial charge on any atom is 0.0136 e. The molecular weight excluding hydrogens is 208 g/mol. The predicted octanol–water partition coefficient (Wildman–Crippen LogP) is 2.89. The van der Waals surface area contributed by atoms with Crippen LogP contribution in [0, 0.1) is 11.8 Å². The van der Waals surface area contributed by atoms with Gasteiger partial charge in [-0.3, -0.25) is 0 Å². The molecule has 2 heteroatoms. The summed E-state index contributed by atoms with van der Waals surface area (Å²) in [4.78, 5) is 2.72. The molecule has 0 amide bonds. The Bertz CT molecular complexity index is 229. The smallest absolute Gasteiger partial charge is 0.0136 e. The van der Waals surface area contributed by atoms with Crippen molar-refractivity contribution >= 4 is 0 Å². The summed E-state index contributed by atoms with van der Waals surface area (Å²) in [7, 11) is 2.38. The van der Waals surface area contributed by atoms with Gasteiger partial charge < -0.3 is 10.2 Å². The van der Waals surface area contributed by atoms with E-state index in [4.69, 9.17) is 0 Å². The van der Waals surface area contributed by atoms with Crippen molar-refractivity contribution < 1.29 is 0 Å². The minimum Gasteiger partial charge on any atom is -0.317 e. The number of nitrogens with one attached hydrogen (secondary N) is 1. The topological polar surface area (TPSA) is 15.3 Å². The lowest BCUT2D eigenvalue weighted by atomic mass is 9.76. The molecule has 0 aromatic carbocycles. The van der Waals surface area contributed by atoms with E-state index in [1.54, 1.807) is 0 Å². The highest BCUT2D eigenvalue weighted by Crippen LogP contribution is 2.36. The Morgan fingerprint density at radius 2 is 2.00 bits per heavy atom. The number of nitrogens with zero attached hydrogens (tertiary/aromatic N) is 1. The molecule has 0 aromatic rings. The van der Waals surface area contributed by atoms with Gasteiger partial charge in [0.2, 0.25) is 0 Å². The van der Waals surface area contributed by atoms with E-state index in [-0.39, 0.29) is 0 Å². The van der Waals surface area contributed by atoms with Crippen LogP contribution in [0.1, 0.15) is 52.4 Å². The van der Waals surface area contributed by atoms with E-state index in [1.807, 2.05) is 0 Å². The zero-order valence-electron chi connectivity index (χ0n) is 11.9. The van der Waals surface area contributed by atoms with Crippen molar-refractivity contribution in [3.63, 3.8) is 0 Å². The highest BCUT2D eigenvalue weighted by Gasteiger charge is 2.37. The SMILES string of the molecule is CCNCC1CCC1N(C)C1CCCC(C)C1. The Labute approximate surface area is 107 Å². The van der Waals surface area contributed by atoms with Gasteiger partial charge in [0.25, 0.3) is 0 Å². The molecule has 4 unspecified atom stereocenters. The van der Waals surface area contributed by atoms with E-state index in [0.717, 1.165) is 30.5 Å². The highest BCUT2D eigenvalue weighted by molar-refractivity contribution is 4.92. The molecule has 0 spiro atoms. The van der Waals surface area contributed by atoms with Gasteiger partial charge in [-0.15, -0.1) is 0 Å². The van der Waals surface area contributed by atoms with Crippen molar-refractivity contribution in [3.8, 4) is 0 Å². The molecule has 2 saturated carbocycles.